The van der Waals surface area contributed by atoms with Gasteiger partial charge in [0.1, 0.15) is 18.2 Å². The van der Waals surface area contributed by atoms with E-state index in [0.29, 0.717) is 36.2 Å². The Morgan fingerprint density at radius 1 is 0.969 bits per heavy atom. The minimum Gasteiger partial charge on any atom is -0.492 e. The van der Waals surface area contributed by atoms with Gasteiger partial charge in [-0.1, -0.05) is 41.4 Å². The highest BCUT2D eigenvalue weighted by atomic mass is 35.5. The second-order valence-corrected chi connectivity index (χ2v) is 8.67. The maximum atomic E-state index is 12.8. The molecule has 0 saturated carbocycles. The minimum atomic E-state index is -0.00980. The van der Waals surface area contributed by atoms with Gasteiger partial charge in [0.05, 0.1) is 17.6 Å². The summed E-state index contributed by atoms with van der Waals surface area (Å²) in [4.78, 5) is 19.5. The van der Waals surface area contributed by atoms with Crippen LogP contribution in [0, 0.1) is 0 Å². The van der Waals surface area contributed by atoms with Crippen molar-refractivity contribution in [3.05, 3.63) is 88.7 Å². The van der Waals surface area contributed by atoms with Crippen molar-refractivity contribution in [3.8, 4) is 5.75 Å². The van der Waals surface area contributed by atoms with Crippen molar-refractivity contribution in [1.82, 2.24) is 9.55 Å². The normalized spacial score (nSPS) is 16.1. The summed E-state index contributed by atoms with van der Waals surface area (Å²) in [6, 6.07) is 22.8. The van der Waals surface area contributed by atoms with Crippen LogP contribution in [0.3, 0.4) is 0 Å². The number of aromatic nitrogens is 2. The van der Waals surface area contributed by atoms with Gasteiger partial charge < -0.3 is 14.2 Å². The van der Waals surface area contributed by atoms with Gasteiger partial charge in [-0.3, -0.25) is 4.79 Å². The molecule has 162 valence electrons. The van der Waals surface area contributed by atoms with Crippen LogP contribution in [-0.4, -0.2) is 28.6 Å². The fourth-order valence-electron chi connectivity index (χ4n) is 4.20. The van der Waals surface area contributed by atoms with Crippen LogP contribution in [0.25, 0.3) is 11.0 Å². The van der Waals surface area contributed by atoms with Crippen LogP contribution in [0.5, 0.6) is 5.75 Å². The molecule has 0 bridgehead atoms. The Bertz CT molecular complexity index is 1270. The molecule has 32 heavy (non-hydrogen) atoms. The number of rotatable bonds is 6. The van der Waals surface area contributed by atoms with Crippen molar-refractivity contribution >= 4 is 45.8 Å². The van der Waals surface area contributed by atoms with E-state index in [1.54, 1.807) is 4.90 Å². The van der Waals surface area contributed by atoms with Gasteiger partial charge in [0.25, 0.3) is 0 Å². The van der Waals surface area contributed by atoms with Gasteiger partial charge in [-0.25, -0.2) is 4.98 Å². The third-order valence-corrected chi connectivity index (χ3v) is 6.18. The van der Waals surface area contributed by atoms with E-state index in [-0.39, 0.29) is 11.8 Å². The molecular formula is C25H21Cl2N3O2. The Morgan fingerprint density at radius 2 is 1.78 bits per heavy atom. The molecular weight excluding hydrogens is 445 g/mol. The molecule has 1 amide bonds. The van der Waals surface area contributed by atoms with Crippen molar-refractivity contribution in [2.75, 3.05) is 18.1 Å². The van der Waals surface area contributed by atoms with Gasteiger partial charge in [0.15, 0.2) is 0 Å². The largest absolute Gasteiger partial charge is 0.492 e. The molecule has 1 saturated heterocycles. The standard InChI is InChI=1S/C25H21Cl2N3O2/c26-18-8-10-21(11-9-18)32-13-12-29-23-7-2-1-6-22(23)28-25(29)17-14-24(31)30(16-17)20-5-3-4-19(27)15-20/h1-11,15,17H,12-14,16H2. The average Bonchev–Trinajstić information content (AvgIpc) is 3.36. The van der Waals surface area contributed by atoms with Crippen molar-refractivity contribution in [2.45, 2.75) is 18.9 Å². The molecule has 0 spiro atoms. The molecule has 7 heteroatoms. The number of ether oxygens (including phenoxy) is 1. The zero-order chi connectivity index (χ0) is 22.1. The number of imidazole rings is 1. The summed E-state index contributed by atoms with van der Waals surface area (Å²) in [6.07, 6.45) is 0.411. The number of amides is 1. The molecule has 0 radical (unpaired) electrons. The predicted octanol–water partition coefficient (Wildman–Crippen LogP) is 5.94. The second-order valence-electron chi connectivity index (χ2n) is 7.80. The Kier molecular flexibility index (Phi) is 5.77. The number of benzene rings is 3. The highest BCUT2D eigenvalue weighted by Gasteiger charge is 2.34. The minimum absolute atomic E-state index is 0.00980. The van der Waals surface area contributed by atoms with Crippen molar-refractivity contribution < 1.29 is 9.53 Å². The molecule has 1 aliphatic rings. The van der Waals surface area contributed by atoms with Gasteiger partial charge in [-0.15, -0.1) is 0 Å². The third kappa shape index (κ3) is 4.18. The molecule has 5 rings (SSSR count). The number of carbonyl (C=O) groups excluding carboxylic acids is 1. The summed E-state index contributed by atoms with van der Waals surface area (Å²) in [5, 5.41) is 1.29. The van der Waals surface area contributed by atoms with Crippen LogP contribution in [0.4, 0.5) is 5.69 Å². The lowest BCUT2D eigenvalue weighted by Crippen LogP contribution is -2.24. The monoisotopic (exact) mass is 465 g/mol. The van der Waals surface area contributed by atoms with Crippen LogP contribution in [0.2, 0.25) is 10.0 Å². The van der Waals surface area contributed by atoms with E-state index in [2.05, 4.69) is 10.6 Å². The summed E-state index contributed by atoms with van der Waals surface area (Å²) in [5.74, 6) is 1.74. The molecule has 1 atom stereocenters. The molecule has 1 aromatic heterocycles. The number of carbonyl (C=O) groups is 1. The molecule has 0 N–H and O–H groups in total. The number of hydrogen-bond donors (Lipinski definition) is 0. The third-order valence-electron chi connectivity index (χ3n) is 5.69. The molecule has 1 unspecified atom stereocenters. The van der Waals surface area contributed by atoms with E-state index < -0.39 is 0 Å². The number of anilines is 1. The van der Waals surface area contributed by atoms with E-state index in [1.165, 1.54) is 0 Å². The van der Waals surface area contributed by atoms with Crippen LogP contribution in [0.15, 0.2) is 72.8 Å². The fourth-order valence-corrected chi connectivity index (χ4v) is 4.51. The summed E-state index contributed by atoms with van der Waals surface area (Å²) >= 11 is 12.1. The van der Waals surface area contributed by atoms with Crippen LogP contribution < -0.4 is 9.64 Å². The maximum absolute atomic E-state index is 12.8. The van der Waals surface area contributed by atoms with Gasteiger partial charge in [-0.05, 0) is 54.6 Å². The Labute approximate surface area is 196 Å². The number of para-hydroxylation sites is 2. The van der Waals surface area contributed by atoms with Crippen LogP contribution in [-0.2, 0) is 11.3 Å². The highest BCUT2D eigenvalue weighted by molar-refractivity contribution is 6.31. The first-order valence-corrected chi connectivity index (χ1v) is 11.2. The summed E-state index contributed by atoms with van der Waals surface area (Å²) in [5.41, 5.74) is 2.78. The molecule has 5 nitrogen and oxygen atoms in total. The zero-order valence-corrected chi connectivity index (χ0v) is 18.8. The Morgan fingerprint density at radius 3 is 2.59 bits per heavy atom. The average molecular weight is 466 g/mol. The number of halogens is 2. The topological polar surface area (TPSA) is 47.4 Å². The quantitative estimate of drug-likeness (QED) is 0.353. The lowest BCUT2D eigenvalue weighted by Gasteiger charge is -2.18. The first-order valence-electron chi connectivity index (χ1n) is 10.5. The Balaban J connectivity index is 1.40. The maximum Gasteiger partial charge on any atom is 0.227 e. The van der Waals surface area contributed by atoms with Gasteiger partial charge in [-0.2, -0.15) is 0 Å². The van der Waals surface area contributed by atoms with E-state index in [0.717, 1.165) is 28.3 Å². The molecule has 0 aliphatic carbocycles. The number of fused-ring (bicyclic) bond motifs is 1. The van der Waals surface area contributed by atoms with E-state index in [1.807, 2.05) is 66.7 Å². The number of hydrogen-bond acceptors (Lipinski definition) is 3. The molecule has 4 aromatic rings. The van der Waals surface area contributed by atoms with E-state index in [4.69, 9.17) is 32.9 Å². The van der Waals surface area contributed by atoms with Gasteiger partial charge in [0, 0.05) is 34.6 Å². The first-order chi connectivity index (χ1) is 15.6. The van der Waals surface area contributed by atoms with Gasteiger partial charge >= 0.3 is 0 Å². The van der Waals surface area contributed by atoms with Crippen molar-refractivity contribution in [1.29, 1.82) is 0 Å². The fraction of sp³-hybridized carbons (Fsp3) is 0.200. The first kappa shape index (κ1) is 20.9. The van der Waals surface area contributed by atoms with Crippen molar-refractivity contribution in [3.63, 3.8) is 0 Å². The second kappa shape index (κ2) is 8.85. The van der Waals surface area contributed by atoms with Crippen LogP contribution >= 0.6 is 23.2 Å². The molecule has 1 fully saturated rings. The summed E-state index contributed by atoms with van der Waals surface area (Å²) < 4.78 is 8.10. The number of nitrogens with zero attached hydrogens (tertiary/aromatic N) is 3. The predicted molar refractivity (Wildman–Crippen MR) is 128 cm³/mol. The van der Waals surface area contributed by atoms with Crippen LogP contribution in [0.1, 0.15) is 18.2 Å². The van der Waals surface area contributed by atoms with Gasteiger partial charge in [0.2, 0.25) is 5.91 Å². The summed E-state index contributed by atoms with van der Waals surface area (Å²) in [7, 11) is 0. The zero-order valence-electron chi connectivity index (χ0n) is 17.2. The van der Waals surface area contributed by atoms with E-state index in [9.17, 15) is 4.79 Å². The Hall–Kier alpha value is -3.02. The van der Waals surface area contributed by atoms with Crippen molar-refractivity contribution in [2.24, 2.45) is 0 Å². The lowest BCUT2D eigenvalue weighted by molar-refractivity contribution is -0.117. The highest BCUT2D eigenvalue weighted by Crippen LogP contribution is 2.34. The molecule has 1 aliphatic heterocycles. The SMILES string of the molecule is O=C1CC(c2nc3ccccc3n2CCOc2ccc(Cl)cc2)CN1c1cccc(Cl)c1. The smallest absolute Gasteiger partial charge is 0.227 e. The summed E-state index contributed by atoms with van der Waals surface area (Å²) in [6.45, 7) is 1.68. The molecule has 3 aromatic carbocycles. The van der Waals surface area contributed by atoms with E-state index >= 15 is 0 Å². The lowest BCUT2D eigenvalue weighted by atomic mass is 10.1. The molecule has 2 heterocycles.